The van der Waals surface area contributed by atoms with Crippen LogP contribution in [0.25, 0.3) is 21.8 Å². The molecule has 4 nitrogen and oxygen atoms in total. The van der Waals surface area contributed by atoms with Gasteiger partial charge in [0.2, 0.25) is 0 Å². The average molecular weight is 468 g/mol. The number of alkyl halides is 9. The number of carbonyl (C=O) groups is 1. The fourth-order valence-electron chi connectivity index (χ4n) is 3.26. The fourth-order valence-corrected chi connectivity index (χ4v) is 3.26. The first-order valence-electron chi connectivity index (χ1n) is 8.67. The van der Waals surface area contributed by atoms with Gasteiger partial charge in [0.05, 0.1) is 16.7 Å². The second kappa shape index (κ2) is 6.47. The highest BCUT2D eigenvalue weighted by atomic mass is 19.4. The molecule has 170 valence electrons. The Labute approximate surface area is 172 Å². The number of rotatable bonds is 3. The number of carbonyl (C=O) groups excluding carboxylic acids is 1. The molecule has 0 spiro atoms. The highest BCUT2D eigenvalue weighted by Gasteiger charge is 2.96. The van der Waals surface area contributed by atoms with E-state index in [1.807, 2.05) is 0 Å². The maximum atomic E-state index is 14.5. The number of aromatic nitrogens is 1. The van der Waals surface area contributed by atoms with Crippen molar-refractivity contribution in [1.29, 1.82) is 0 Å². The molecule has 0 bridgehead atoms. The minimum atomic E-state index is -6.76. The number of ether oxygens (including phenoxy) is 1. The third-order valence-corrected chi connectivity index (χ3v) is 4.95. The van der Waals surface area contributed by atoms with Gasteiger partial charge in [0.15, 0.2) is 0 Å². The standard InChI is InChI=1S/C19H9F9N2O2/c20-15(21,18(26)16(22,23)17(24,25)19(27,28)32-18)14(31)30-13-9-5-1-3-7-11(9)29-12-8-4-2-6-10(12)13/h1-8H,(H,29,30,31). The Morgan fingerprint density at radius 3 is 1.72 bits per heavy atom. The van der Waals surface area contributed by atoms with Crippen molar-refractivity contribution >= 4 is 33.4 Å². The van der Waals surface area contributed by atoms with Gasteiger partial charge in [-0.3, -0.25) is 9.53 Å². The molecule has 13 heteroatoms. The van der Waals surface area contributed by atoms with E-state index in [0.29, 0.717) is 0 Å². The average Bonchev–Trinajstić information content (AvgIpc) is 2.82. The van der Waals surface area contributed by atoms with Crippen LogP contribution in [0.5, 0.6) is 0 Å². The SMILES string of the molecule is O=C(Nc1c2ccccc2nc2ccccc12)C(F)(F)C1(F)OC(F)(F)C(F)(F)C1(F)F. The summed E-state index contributed by atoms with van der Waals surface area (Å²) in [5, 5.41) is 1.49. The van der Waals surface area contributed by atoms with Crippen molar-refractivity contribution in [3.05, 3.63) is 48.5 Å². The first-order valence-corrected chi connectivity index (χ1v) is 8.67. The molecule has 0 radical (unpaired) electrons. The second-order valence-electron chi connectivity index (χ2n) is 6.91. The van der Waals surface area contributed by atoms with E-state index in [1.54, 1.807) is 0 Å². The lowest BCUT2D eigenvalue weighted by Gasteiger charge is -2.31. The summed E-state index contributed by atoms with van der Waals surface area (Å²) in [5.74, 6) is -28.8. The molecule has 1 atom stereocenters. The number of halogens is 9. The quantitative estimate of drug-likeness (QED) is 0.407. The molecular formula is C19H9F9N2O2. The molecule has 2 aromatic carbocycles. The number of para-hydroxylation sites is 2. The molecule has 0 aliphatic carbocycles. The van der Waals surface area contributed by atoms with Crippen LogP contribution in [0, 0.1) is 0 Å². The van der Waals surface area contributed by atoms with Crippen LogP contribution in [0.4, 0.5) is 45.2 Å². The van der Waals surface area contributed by atoms with Gasteiger partial charge < -0.3 is 5.32 Å². The van der Waals surface area contributed by atoms with Gasteiger partial charge in [-0.15, -0.1) is 0 Å². The first-order chi connectivity index (χ1) is 14.7. The summed E-state index contributed by atoms with van der Waals surface area (Å²) in [6.07, 6.45) is -6.31. The molecule has 0 saturated carbocycles. The predicted molar refractivity (Wildman–Crippen MR) is 92.6 cm³/mol. The van der Waals surface area contributed by atoms with E-state index in [2.05, 4.69) is 9.72 Å². The lowest BCUT2D eigenvalue weighted by molar-refractivity contribution is -0.366. The number of anilines is 1. The maximum Gasteiger partial charge on any atom is 0.428 e. The van der Waals surface area contributed by atoms with E-state index in [9.17, 15) is 44.3 Å². The van der Waals surface area contributed by atoms with Crippen LogP contribution in [0.3, 0.4) is 0 Å². The lowest BCUT2D eigenvalue weighted by atomic mass is 9.99. The van der Waals surface area contributed by atoms with E-state index in [0.717, 1.165) is 0 Å². The van der Waals surface area contributed by atoms with Crippen molar-refractivity contribution in [2.45, 2.75) is 29.7 Å². The van der Waals surface area contributed by atoms with Crippen LogP contribution in [0.1, 0.15) is 0 Å². The fraction of sp³-hybridized carbons (Fsp3) is 0.263. The van der Waals surface area contributed by atoms with E-state index in [-0.39, 0.29) is 21.8 Å². The van der Waals surface area contributed by atoms with Crippen molar-refractivity contribution in [2.75, 3.05) is 5.32 Å². The summed E-state index contributed by atoms with van der Waals surface area (Å²) >= 11 is 0. The smallest absolute Gasteiger partial charge is 0.319 e. The van der Waals surface area contributed by atoms with Gasteiger partial charge in [-0.25, -0.2) is 4.98 Å². The molecule has 1 amide bonds. The van der Waals surface area contributed by atoms with E-state index >= 15 is 0 Å². The molecule has 1 aromatic heterocycles. The van der Waals surface area contributed by atoms with Gasteiger partial charge in [0.25, 0.3) is 0 Å². The zero-order chi connectivity index (χ0) is 23.7. The highest BCUT2D eigenvalue weighted by Crippen LogP contribution is 2.64. The third kappa shape index (κ3) is 2.63. The first kappa shape index (κ1) is 22.1. The molecule has 4 rings (SSSR count). The predicted octanol–water partition coefficient (Wildman–Crippen LogP) is 5.52. The van der Waals surface area contributed by atoms with E-state index in [1.165, 1.54) is 53.8 Å². The number of pyridine rings is 1. The topological polar surface area (TPSA) is 51.2 Å². The second-order valence-corrected chi connectivity index (χ2v) is 6.91. The Bertz CT molecular complexity index is 1190. The molecule has 1 fully saturated rings. The molecule has 1 unspecified atom stereocenters. The largest absolute Gasteiger partial charge is 0.428 e. The van der Waals surface area contributed by atoms with Crippen molar-refractivity contribution in [3.8, 4) is 0 Å². The maximum absolute atomic E-state index is 14.5. The normalized spacial score (nSPS) is 24.0. The number of fused-ring (bicyclic) bond motifs is 2. The minimum Gasteiger partial charge on any atom is -0.319 e. The molecule has 1 saturated heterocycles. The van der Waals surface area contributed by atoms with E-state index < -0.39 is 41.3 Å². The molecule has 3 aromatic rings. The summed E-state index contributed by atoms with van der Waals surface area (Å²) in [6.45, 7) is 0. The summed E-state index contributed by atoms with van der Waals surface area (Å²) in [4.78, 5) is 16.4. The Morgan fingerprint density at radius 1 is 0.812 bits per heavy atom. The summed E-state index contributed by atoms with van der Waals surface area (Å²) in [5.41, 5.74) is -0.181. The van der Waals surface area contributed by atoms with Gasteiger partial charge in [0, 0.05) is 10.8 Å². The number of amides is 1. The van der Waals surface area contributed by atoms with Crippen molar-refractivity contribution in [1.82, 2.24) is 4.98 Å². The summed E-state index contributed by atoms with van der Waals surface area (Å²) in [6, 6.07) is 11.2. The summed E-state index contributed by atoms with van der Waals surface area (Å²) < 4.78 is 127. The Balaban J connectivity index is 1.83. The molecule has 1 N–H and O–H groups in total. The van der Waals surface area contributed by atoms with Crippen LogP contribution in [0.15, 0.2) is 48.5 Å². The summed E-state index contributed by atoms with van der Waals surface area (Å²) in [7, 11) is 0. The Kier molecular flexibility index (Phi) is 4.47. The minimum absolute atomic E-state index is 0.00183. The van der Waals surface area contributed by atoms with Crippen molar-refractivity contribution in [2.24, 2.45) is 0 Å². The van der Waals surface area contributed by atoms with Crippen LogP contribution in [-0.2, 0) is 9.53 Å². The van der Waals surface area contributed by atoms with Gasteiger partial charge in [-0.1, -0.05) is 36.4 Å². The zero-order valence-corrected chi connectivity index (χ0v) is 15.3. The highest BCUT2D eigenvalue weighted by molar-refractivity contribution is 6.13. The van der Waals surface area contributed by atoms with Crippen LogP contribution >= 0.6 is 0 Å². The van der Waals surface area contributed by atoms with Gasteiger partial charge >= 0.3 is 35.6 Å². The van der Waals surface area contributed by atoms with Crippen molar-refractivity contribution < 1.29 is 49.0 Å². The van der Waals surface area contributed by atoms with Crippen LogP contribution in [0.2, 0.25) is 0 Å². The zero-order valence-electron chi connectivity index (χ0n) is 15.3. The molecular weight excluding hydrogens is 459 g/mol. The monoisotopic (exact) mass is 468 g/mol. The number of hydrogen-bond donors (Lipinski definition) is 1. The number of nitrogens with zero attached hydrogens (tertiary/aromatic N) is 1. The Morgan fingerprint density at radius 2 is 1.28 bits per heavy atom. The molecule has 32 heavy (non-hydrogen) atoms. The van der Waals surface area contributed by atoms with Crippen LogP contribution < -0.4 is 5.32 Å². The number of nitrogens with one attached hydrogen (secondary N) is 1. The third-order valence-electron chi connectivity index (χ3n) is 4.95. The molecule has 1 aliphatic heterocycles. The number of benzene rings is 2. The number of hydrogen-bond acceptors (Lipinski definition) is 3. The van der Waals surface area contributed by atoms with Crippen molar-refractivity contribution in [3.63, 3.8) is 0 Å². The van der Waals surface area contributed by atoms with Crippen LogP contribution in [-0.4, -0.2) is 40.6 Å². The lowest BCUT2D eigenvalue weighted by Crippen LogP contribution is -2.63. The molecule has 1 aliphatic rings. The van der Waals surface area contributed by atoms with Gasteiger partial charge in [-0.2, -0.15) is 39.5 Å². The van der Waals surface area contributed by atoms with E-state index in [4.69, 9.17) is 0 Å². The van der Waals surface area contributed by atoms with Gasteiger partial charge in [0.1, 0.15) is 0 Å². The Hall–Kier alpha value is -3.09. The molecule has 2 heterocycles. The van der Waals surface area contributed by atoms with Gasteiger partial charge in [-0.05, 0) is 12.1 Å².